The molecular weight excluding hydrogens is 234 g/mol. The molecule has 2 nitrogen and oxygen atoms in total. The monoisotopic (exact) mass is 263 g/mol. The third-order valence-corrected chi connectivity index (χ3v) is 3.56. The Balaban J connectivity index is 2.83. The first-order valence-corrected chi connectivity index (χ1v) is 7.36. The molecule has 2 atom stereocenters. The normalized spacial score (nSPS) is 14.9. The maximum Gasteiger partial charge on any atom is 0.0955 e. The highest BCUT2D eigenvalue weighted by Gasteiger charge is 2.19. The molecule has 1 rings (SSSR count). The molecule has 0 spiro atoms. The van der Waals surface area contributed by atoms with Gasteiger partial charge in [0.25, 0.3) is 0 Å². The van der Waals surface area contributed by atoms with E-state index in [0.717, 1.165) is 6.54 Å². The van der Waals surface area contributed by atoms with Crippen molar-refractivity contribution in [3.05, 3.63) is 35.4 Å². The minimum Gasteiger partial charge on any atom is -0.369 e. The summed E-state index contributed by atoms with van der Waals surface area (Å²) in [5.41, 5.74) is 2.59. The highest BCUT2D eigenvalue weighted by Crippen LogP contribution is 2.24. The van der Waals surface area contributed by atoms with Gasteiger partial charge in [0, 0.05) is 12.6 Å². The molecule has 1 aromatic carbocycles. The lowest BCUT2D eigenvalue weighted by molar-refractivity contribution is -0.0269. The third kappa shape index (κ3) is 5.33. The lowest BCUT2D eigenvalue weighted by Crippen LogP contribution is -2.32. The summed E-state index contributed by atoms with van der Waals surface area (Å²) in [4.78, 5) is 0. The number of hydrogen-bond acceptors (Lipinski definition) is 2. The molecule has 0 fully saturated rings. The van der Waals surface area contributed by atoms with Crippen LogP contribution >= 0.6 is 0 Å². The summed E-state index contributed by atoms with van der Waals surface area (Å²) in [6.45, 7) is 13.9. The van der Waals surface area contributed by atoms with E-state index >= 15 is 0 Å². The Morgan fingerprint density at radius 3 is 2.21 bits per heavy atom. The summed E-state index contributed by atoms with van der Waals surface area (Å²) in [5.74, 6) is 0.533. The van der Waals surface area contributed by atoms with Crippen molar-refractivity contribution in [2.45, 2.75) is 59.8 Å². The van der Waals surface area contributed by atoms with Gasteiger partial charge in [-0.2, -0.15) is 0 Å². The fraction of sp³-hybridized carbons (Fsp3) is 0.647. The highest BCUT2D eigenvalue weighted by atomic mass is 16.5. The van der Waals surface area contributed by atoms with Gasteiger partial charge >= 0.3 is 0 Å². The van der Waals surface area contributed by atoms with Crippen LogP contribution < -0.4 is 5.32 Å². The molecule has 0 aliphatic carbocycles. The SMILES string of the molecule is Cc1ccccc1C(CNC(C)C)OC(C)C(C)C. The second kappa shape index (κ2) is 7.66. The summed E-state index contributed by atoms with van der Waals surface area (Å²) in [6.07, 6.45) is 0.388. The summed E-state index contributed by atoms with van der Waals surface area (Å²) < 4.78 is 6.27. The van der Waals surface area contributed by atoms with Gasteiger partial charge in [-0.3, -0.25) is 0 Å². The van der Waals surface area contributed by atoms with Gasteiger partial charge in [0.05, 0.1) is 12.2 Å². The van der Waals surface area contributed by atoms with Gasteiger partial charge in [-0.05, 0) is 30.9 Å². The van der Waals surface area contributed by atoms with E-state index in [2.05, 4.69) is 71.1 Å². The number of hydrogen-bond donors (Lipinski definition) is 1. The Morgan fingerprint density at radius 2 is 1.68 bits per heavy atom. The minimum absolute atomic E-state index is 0.126. The number of nitrogens with one attached hydrogen (secondary N) is 1. The predicted octanol–water partition coefficient (Wildman–Crippen LogP) is 4.10. The maximum absolute atomic E-state index is 6.27. The molecule has 0 aromatic heterocycles. The summed E-state index contributed by atoms with van der Waals surface area (Å²) in [5, 5.41) is 3.49. The zero-order valence-corrected chi connectivity index (χ0v) is 13.2. The Bertz CT molecular complexity index is 373. The zero-order chi connectivity index (χ0) is 14.4. The van der Waals surface area contributed by atoms with Crippen molar-refractivity contribution >= 4 is 0 Å². The molecule has 2 heteroatoms. The molecule has 19 heavy (non-hydrogen) atoms. The molecule has 0 radical (unpaired) electrons. The molecule has 1 N–H and O–H groups in total. The van der Waals surface area contributed by atoms with Crippen LogP contribution in [0.2, 0.25) is 0 Å². The zero-order valence-electron chi connectivity index (χ0n) is 13.2. The van der Waals surface area contributed by atoms with Crippen molar-refractivity contribution < 1.29 is 4.74 Å². The highest BCUT2D eigenvalue weighted by molar-refractivity contribution is 5.28. The lowest BCUT2D eigenvalue weighted by atomic mass is 10.0. The van der Waals surface area contributed by atoms with Crippen LogP contribution in [0.15, 0.2) is 24.3 Å². The first-order chi connectivity index (χ1) is 8.91. The van der Waals surface area contributed by atoms with Gasteiger partial charge in [0.2, 0.25) is 0 Å². The van der Waals surface area contributed by atoms with Crippen LogP contribution in [0.1, 0.15) is 51.8 Å². The topological polar surface area (TPSA) is 21.3 Å². The van der Waals surface area contributed by atoms with Crippen LogP contribution in [-0.4, -0.2) is 18.7 Å². The minimum atomic E-state index is 0.126. The van der Waals surface area contributed by atoms with E-state index < -0.39 is 0 Å². The second-order valence-electron chi connectivity index (χ2n) is 5.99. The van der Waals surface area contributed by atoms with Crippen molar-refractivity contribution in [1.82, 2.24) is 5.32 Å². The van der Waals surface area contributed by atoms with Crippen LogP contribution in [-0.2, 0) is 4.74 Å². The average molecular weight is 263 g/mol. The molecule has 0 heterocycles. The van der Waals surface area contributed by atoms with Crippen molar-refractivity contribution in [3.63, 3.8) is 0 Å². The van der Waals surface area contributed by atoms with Crippen LogP contribution in [0.4, 0.5) is 0 Å². The summed E-state index contributed by atoms with van der Waals surface area (Å²) in [6, 6.07) is 8.98. The van der Waals surface area contributed by atoms with E-state index in [4.69, 9.17) is 4.74 Å². The van der Waals surface area contributed by atoms with Gasteiger partial charge in [0.15, 0.2) is 0 Å². The van der Waals surface area contributed by atoms with Crippen LogP contribution in [0.25, 0.3) is 0 Å². The van der Waals surface area contributed by atoms with Crippen molar-refractivity contribution in [3.8, 4) is 0 Å². The quantitative estimate of drug-likeness (QED) is 0.800. The lowest BCUT2D eigenvalue weighted by Gasteiger charge is -2.27. The predicted molar refractivity (Wildman–Crippen MR) is 82.4 cm³/mol. The Labute approximate surface area is 118 Å². The van der Waals surface area contributed by atoms with E-state index in [1.165, 1.54) is 11.1 Å². The van der Waals surface area contributed by atoms with E-state index in [-0.39, 0.29) is 12.2 Å². The van der Waals surface area contributed by atoms with E-state index in [0.29, 0.717) is 12.0 Å². The summed E-state index contributed by atoms with van der Waals surface area (Å²) in [7, 11) is 0. The molecular formula is C17H29NO. The summed E-state index contributed by atoms with van der Waals surface area (Å²) >= 11 is 0. The Morgan fingerprint density at radius 1 is 1.05 bits per heavy atom. The largest absolute Gasteiger partial charge is 0.369 e. The van der Waals surface area contributed by atoms with Crippen molar-refractivity contribution in [1.29, 1.82) is 0 Å². The fourth-order valence-electron chi connectivity index (χ4n) is 1.94. The average Bonchev–Trinajstić information content (AvgIpc) is 2.34. The molecule has 0 bridgehead atoms. The Hall–Kier alpha value is -0.860. The third-order valence-electron chi connectivity index (χ3n) is 3.56. The number of rotatable bonds is 7. The molecule has 0 amide bonds. The van der Waals surface area contributed by atoms with Crippen LogP contribution in [0.3, 0.4) is 0 Å². The number of ether oxygens (including phenoxy) is 1. The molecule has 0 saturated carbocycles. The first kappa shape index (κ1) is 16.2. The second-order valence-corrected chi connectivity index (χ2v) is 5.99. The van der Waals surface area contributed by atoms with Crippen molar-refractivity contribution in [2.75, 3.05) is 6.54 Å². The molecule has 0 aliphatic heterocycles. The molecule has 2 unspecified atom stereocenters. The number of benzene rings is 1. The smallest absolute Gasteiger partial charge is 0.0955 e. The van der Waals surface area contributed by atoms with Crippen molar-refractivity contribution in [2.24, 2.45) is 5.92 Å². The van der Waals surface area contributed by atoms with E-state index in [9.17, 15) is 0 Å². The molecule has 0 aliphatic rings. The Kier molecular flexibility index (Phi) is 6.53. The first-order valence-electron chi connectivity index (χ1n) is 7.36. The van der Waals surface area contributed by atoms with Gasteiger partial charge < -0.3 is 10.1 Å². The van der Waals surface area contributed by atoms with Gasteiger partial charge in [-0.25, -0.2) is 0 Å². The standard InChI is InChI=1S/C17H29NO/c1-12(2)15(6)19-17(11-18-13(3)4)16-10-8-7-9-14(16)5/h7-10,12-13,15,17-18H,11H2,1-6H3. The maximum atomic E-state index is 6.27. The van der Waals surface area contributed by atoms with Crippen LogP contribution in [0.5, 0.6) is 0 Å². The van der Waals surface area contributed by atoms with E-state index in [1.807, 2.05) is 0 Å². The molecule has 0 saturated heterocycles. The molecule has 1 aromatic rings. The molecule has 108 valence electrons. The van der Waals surface area contributed by atoms with Gasteiger partial charge in [-0.1, -0.05) is 52.0 Å². The van der Waals surface area contributed by atoms with Crippen LogP contribution in [0, 0.1) is 12.8 Å². The van der Waals surface area contributed by atoms with Gasteiger partial charge in [-0.15, -0.1) is 0 Å². The fourth-order valence-corrected chi connectivity index (χ4v) is 1.94. The number of aryl methyl sites for hydroxylation is 1. The van der Waals surface area contributed by atoms with E-state index in [1.54, 1.807) is 0 Å². The van der Waals surface area contributed by atoms with Gasteiger partial charge in [0.1, 0.15) is 0 Å².